The number of aromatic nitrogens is 1. The van der Waals surface area contributed by atoms with Crippen LogP contribution in [0.5, 0.6) is 0 Å². The molecule has 0 atom stereocenters. The number of carbonyl (C=O) groups is 1. The Kier molecular flexibility index (Phi) is 6.14. The third-order valence-electron chi connectivity index (χ3n) is 4.07. The Hall–Kier alpha value is -2.95. The van der Waals surface area contributed by atoms with Crippen molar-refractivity contribution in [1.29, 1.82) is 0 Å². The molecule has 0 saturated carbocycles. The zero-order valence-corrected chi connectivity index (χ0v) is 14.5. The van der Waals surface area contributed by atoms with Gasteiger partial charge in [-0.1, -0.05) is 42.5 Å². The standard InChI is InChI=1S/C21H21FN2O2/c22-18-11-5-4-10-17(18)19-15-24-21(26-19)13-12-20(25)23-14-6-9-16-7-2-1-3-8-16/h1-5,7-8,10-11,15H,6,9,12-14H2,(H,23,25). The van der Waals surface area contributed by atoms with E-state index in [9.17, 15) is 9.18 Å². The van der Waals surface area contributed by atoms with Crippen LogP contribution in [-0.2, 0) is 17.6 Å². The van der Waals surface area contributed by atoms with Crippen LogP contribution in [0, 0.1) is 5.82 Å². The molecule has 134 valence electrons. The van der Waals surface area contributed by atoms with Crippen molar-refractivity contribution in [1.82, 2.24) is 10.3 Å². The molecule has 0 saturated heterocycles. The van der Waals surface area contributed by atoms with Gasteiger partial charge in [0.2, 0.25) is 5.91 Å². The lowest BCUT2D eigenvalue weighted by Gasteiger charge is -2.04. The fraction of sp³-hybridized carbons (Fsp3) is 0.238. The molecule has 1 N–H and O–H groups in total. The minimum Gasteiger partial charge on any atom is -0.441 e. The minimum atomic E-state index is -0.355. The first kappa shape index (κ1) is 17.9. The lowest BCUT2D eigenvalue weighted by atomic mass is 10.1. The molecule has 26 heavy (non-hydrogen) atoms. The smallest absolute Gasteiger partial charge is 0.220 e. The second kappa shape index (κ2) is 8.94. The van der Waals surface area contributed by atoms with Crippen LogP contribution in [0.15, 0.2) is 65.2 Å². The number of aryl methyl sites for hydroxylation is 2. The fourth-order valence-corrected chi connectivity index (χ4v) is 2.69. The molecule has 2 aromatic carbocycles. The van der Waals surface area contributed by atoms with Gasteiger partial charge < -0.3 is 9.73 Å². The summed E-state index contributed by atoms with van der Waals surface area (Å²) < 4.78 is 19.3. The third-order valence-corrected chi connectivity index (χ3v) is 4.07. The van der Waals surface area contributed by atoms with E-state index in [4.69, 9.17) is 4.42 Å². The molecule has 0 spiro atoms. The van der Waals surface area contributed by atoms with Crippen molar-refractivity contribution in [2.45, 2.75) is 25.7 Å². The average Bonchev–Trinajstić information content (AvgIpc) is 3.13. The van der Waals surface area contributed by atoms with E-state index in [-0.39, 0.29) is 11.7 Å². The highest BCUT2D eigenvalue weighted by Crippen LogP contribution is 2.23. The maximum absolute atomic E-state index is 13.7. The van der Waals surface area contributed by atoms with E-state index in [1.807, 2.05) is 18.2 Å². The van der Waals surface area contributed by atoms with Crippen molar-refractivity contribution in [3.8, 4) is 11.3 Å². The van der Waals surface area contributed by atoms with Crippen LogP contribution in [-0.4, -0.2) is 17.4 Å². The number of oxazole rings is 1. The summed E-state index contributed by atoms with van der Waals surface area (Å²) in [4.78, 5) is 16.0. The summed E-state index contributed by atoms with van der Waals surface area (Å²) in [6.45, 7) is 0.639. The highest BCUT2D eigenvalue weighted by Gasteiger charge is 2.11. The number of nitrogens with zero attached hydrogens (tertiary/aromatic N) is 1. The first-order valence-corrected chi connectivity index (χ1v) is 8.72. The summed E-state index contributed by atoms with van der Waals surface area (Å²) >= 11 is 0. The molecule has 1 amide bonds. The quantitative estimate of drug-likeness (QED) is 0.619. The molecule has 0 fully saturated rings. The summed E-state index contributed by atoms with van der Waals surface area (Å²) in [6, 6.07) is 16.6. The molecule has 1 heterocycles. The van der Waals surface area contributed by atoms with E-state index < -0.39 is 0 Å². The number of rotatable bonds is 8. The Bertz CT molecular complexity index is 846. The molecule has 0 aliphatic carbocycles. The molecule has 0 unspecified atom stereocenters. The third kappa shape index (κ3) is 5.02. The molecule has 5 heteroatoms. The van der Waals surface area contributed by atoms with Gasteiger partial charge in [-0.2, -0.15) is 0 Å². The van der Waals surface area contributed by atoms with E-state index >= 15 is 0 Å². The lowest BCUT2D eigenvalue weighted by molar-refractivity contribution is -0.121. The number of benzene rings is 2. The Morgan fingerprint density at radius 3 is 2.62 bits per heavy atom. The monoisotopic (exact) mass is 352 g/mol. The van der Waals surface area contributed by atoms with Crippen molar-refractivity contribution in [3.63, 3.8) is 0 Å². The summed E-state index contributed by atoms with van der Waals surface area (Å²) in [5.41, 5.74) is 1.64. The predicted octanol–water partition coefficient (Wildman–Crippen LogP) is 4.16. The van der Waals surface area contributed by atoms with Crippen molar-refractivity contribution < 1.29 is 13.6 Å². The topological polar surface area (TPSA) is 55.1 Å². The average molecular weight is 352 g/mol. The van der Waals surface area contributed by atoms with Crippen molar-refractivity contribution in [2.75, 3.05) is 6.54 Å². The van der Waals surface area contributed by atoms with E-state index in [0.717, 1.165) is 12.8 Å². The molecular formula is C21H21FN2O2. The highest BCUT2D eigenvalue weighted by molar-refractivity contribution is 5.76. The molecule has 3 aromatic rings. The largest absolute Gasteiger partial charge is 0.441 e. The van der Waals surface area contributed by atoms with Gasteiger partial charge in [0.1, 0.15) is 5.82 Å². The van der Waals surface area contributed by atoms with Crippen LogP contribution >= 0.6 is 0 Å². The van der Waals surface area contributed by atoms with Gasteiger partial charge in [-0.15, -0.1) is 0 Å². The molecule has 1 aromatic heterocycles. The second-order valence-electron chi connectivity index (χ2n) is 6.04. The Morgan fingerprint density at radius 1 is 1.04 bits per heavy atom. The van der Waals surface area contributed by atoms with Gasteiger partial charge in [-0.25, -0.2) is 9.37 Å². The first-order valence-electron chi connectivity index (χ1n) is 8.72. The first-order chi connectivity index (χ1) is 12.7. The van der Waals surface area contributed by atoms with Gasteiger partial charge >= 0.3 is 0 Å². The number of halogens is 1. The van der Waals surface area contributed by atoms with Crippen molar-refractivity contribution >= 4 is 5.91 Å². The maximum atomic E-state index is 13.7. The minimum absolute atomic E-state index is 0.0382. The van der Waals surface area contributed by atoms with Gasteiger partial charge in [-0.3, -0.25) is 4.79 Å². The molecule has 3 rings (SSSR count). The molecule has 0 aliphatic heterocycles. The van der Waals surface area contributed by atoms with E-state index in [2.05, 4.69) is 22.4 Å². The number of amides is 1. The molecule has 0 bridgehead atoms. The van der Waals surface area contributed by atoms with Gasteiger partial charge in [0.05, 0.1) is 11.8 Å². The van der Waals surface area contributed by atoms with Crippen molar-refractivity contribution in [2.24, 2.45) is 0 Å². The van der Waals surface area contributed by atoms with Crippen LogP contribution in [0.2, 0.25) is 0 Å². The summed E-state index contributed by atoms with van der Waals surface area (Å²) in [5.74, 6) is 0.416. The Morgan fingerprint density at radius 2 is 1.81 bits per heavy atom. The molecule has 0 radical (unpaired) electrons. The van der Waals surface area contributed by atoms with Crippen LogP contribution < -0.4 is 5.32 Å². The zero-order valence-electron chi connectivity index (χ0n) is 14.5. The highest BCUT2D eigenvalue weighted by atomic mass is 19.1. The van der Waals surface area contributed by atoms with Gasteiger partial charge in [0, 0.05) is 19.4 Å². The van der Waals surface area contributed by atoms with E-state index in [1.54, 1.807) is 18.2 Å². The Labute approximate surface area is 152 Å². The number of carbonyl (C=O) groups excluding carboxylic acids is 1. The molecule has 4 nitrogen and oxygen atoms in total. The SMILES string of the molecule is O=C(CCc1ncc(-c2ccccc2F)o1)NCCCc1ccccc1. The predicted molar refractivity (Wildman–Crippen MR) is 98.0 cm³/mol. The molecular weight excluding hydrogens is 331 g/mol. The van der Waals surface area contributed by atoms with Gasteiger partial charge in [0.15, 0.2) is 11.7 Å². The number of hydrogen-bond donors (Lipinski definition) is 1. The number of nitrogens with one attached hydrogen (secondary N) is 1. The normalized spacial score (nSPS) is 10.7. The summed E-state index contributed by atoms with van der Waals surface area (Å²) in [6.07, 6.45) is 4.01. The van der Waals surface area contributed by atoms with E-state index in [0.29, 0.717) is 36.6 Å². The summed E-state index contributed by atoms with van der Waals surface area (Å²) in [7, 11) is 0. The fourth-order valence-electron chi connectivity index (χ4n) is 2.69. The van der Waals surface area contributed by atoms with Crippen molar-refractivity contribution in [3.05, 3.63) is 78.1 Å². The van der Waals surface area contributed by atoms with E-state index in [1.165, 1.54) is 17.8 Å². The lowest BCUT2D eigenvalue weighted by Crippen LogP contribution is -2.25. The Balaban J connectivity index is 1.40. The second-order valence-corrected chi connectivity index (χ2v) is 6.04. The number of hydrogen-bond acceptors (Lipinski definition) is 3. The molecule has 0 aliphatic rings. The van der Waals surface area contributed by atoms with Crippen LogP contribution in [0.25, 0.3) is 11.3 Å². The van der Waals surface area contributed by atoms with Crippen LogP contribution in [0.1, 0.15) is 24.3 Å². The van der Waals surface area contributed by atoms with Gasteiger partial charge in [0.25, 0.3) is 0 Å². The van der Waals surface area contributed by atoms with Crippen LogP contribution in [0.3, 0.4) is 0 Å². The summed E-state index contributed by atoms with van der Waals surface area (Å²) in [5, 5.41) is 2.90. The van der Waals surface area contributed by atoms with Crippen LogP contribution in [0.4, 0.5) is 4.39 Å². The van der Waals surface area contributed by atoms with Gasteiger partial charge in [-0.05, 0) is 30.5 Å². The zero-order chi connectivity index (χ0) is 18.2. The maximum Gasteiger partial charge on any atom is 0.220 e.